The van der Waals surface area contributed by atoms with Crippen LogP contribution in [0, 0.1) is 0 Å². The van der Waals surface area contributed by atoms with Crippen LogP contribution in [-0.2, 0) is 14.8 Å². The lowest BCUT2D eigenvalue weighted by Gasteiger charge is -2.36. The summed E-state index contributed by atoms with van der Waals surface area (Å²) in [6.07, 6.45) is 7.28. The summed E-state index contributed by atoms with van der Waals surface area (Å²) in [7, 11) is -3.40. The Bertz CT molecular complexity index is 807. The molecule has 29 heavy (non-hydrogen) atoms. The van der Waals surface area contributed by atoms with E-state index in [1.54, 1.807) is 29.4 Å². The molecule has 2 amide bonds. The quantitative estimate of drug-likeness (QED) is 0.747. The summed E-state index contributed by atoms with van der Waals surface area (Å²) in [4.78, 5) is 31.1. The van der Waals surface area contributed by atoms with E-state index in [4.69, 9.17) is 0 Å². The molecular weight excluding hydrogens is 392 g/mol. The van der Waals surface area contributed by atoms with Crippen LogP contribution in [-0.4, -0.2) is 71.9 Å². The van der Waals surface area contributed by atoms with E-state index >= 15 is 0 Å². The van der Waals surface area contributed by atoms with Gasteiger partial charge in [-0.05, 0) is 44.2 Å². The molecule has 2 fully saturated rings. The van der Waals surface area contributed by atoms with Crippen molar-refractivity contribution < 1.29 is 18.0 Å². The largest absolute Gasteiger partial charge is 0.352 e. The van der Waals surface area contributed by atoms with Gasteiger partial charge in [-0.2, -0.15) is 4.31 Å². The Kier molecular flexibility index (Phi) is 7.23. The van der Waals surface area contributed by atoms with Crippen LogP contribution >= 0.6 is 0 Å². The number of pyridine rings is 1. The highest BCUT2D eigenvalue weighted by Gasteiger charge is 2.37. The molecular formula is C20H30N4O4S. The van der Waals surface area contributed by atoms with E-state index in [1.165, 1.54) is 4.31 Å². The molecule has 0 spiro atoms. The first-order chi connectivity index (χ1) is 13.9. The van der Waals surface area contributed by atoms with Crippen LogP contribution in [0.25, 0.3) is 0 Å². The van der Waals surface area contributed by atoms with E-state index < -0.39 is 16.1 Å². The van der Waals surface area contributed by atoms with Crippen LogP contribution in [0.2, 0.25) is 0 Å². The van der Waals surface area contributed by atoms with Crippen LogP contribution in [0.5, 0.6) is 0 Å². The molecule has 1 aromatic heterocycles. The third-order valence-electron chi connectivity index (χ3n) is 5.63. The van der Waals surface area contributed by atoms with Crippen LogP contribution in [0.4, 0.5) is 0 Å². The maximum atomic E-state index is 12.9. The number of rotatable bonds is 6. The molecule has 2 saturated heterocycles. The Balaban J connectivity index is 1.55. The predicted octanol–water partition coefficient (Wildman–Crippen LogP) is 1.40. The van der Waals surface area contributed by atoms with Gasteiger partial charge in [-0.15, -0.1) is 0 Å². The van der Waals surface area contributed by atoms with Crippen molar-refractivity contribution in [3.05, 3.63) is 30.1 Å². The van der Waals surface area contributed by atoms with E-state index in [9.17, 15) is 18.0 Å². The number of piperidine rings is 2. The van der Waals surface area contributed by atoms with Crippen LogP contribution < -0.4 is 5.32 Å². The van der Waals surface area contributed by atoms with Gasteiger partial charge >= 0.3 is 0 Å². The number of hydrogen-bond acceptors (Lipinski definition) is 5. The minimum atomic E-state index is -3.40. The van der Waals surface area contributed by atoms with Gasteiger partial charge in [0, 0.05) is 43.6 Å². The lowest BCUT2D eigenvalue weighted by atomic mass is 10.0. The zero-order valence-electron chi connectivity index (χ0n) is 16.9. The van der Waals surface area contributed by atoms with Crippen LogP contribution in [0.15, 0.2) is 24.5 Å². The lowest BCUT2D eigenvalue weighted by Crippen LogP contribution is -2.55. The molecule has 8 nitrogen and oxygen atoms in total. The van der Waals surface area contributed by atoms with Gasteiger partial charge in [0.25, 0.3) is 5.91 Å². The van der Waals surface area contributed by atoms with Crippen molar-refractivity contribution in [3.8, 4) is 0 Å². The summed E-state index contributed by atoms with van der Waals surface area (Å²) in [5.74, 6) is -0.156. The van der Waals surface area contributed by atoms with Gasteiger partial charge in [-0.1, -0.05) is 13.3 Å². The first kappa shape index (κ1) is 21.7. The standard InChI is InChI=1S/C20H30N4O4S/c1-2-15-29(27,28)24-12-4-3-5-18(24)19(25)22-17-8-13-23(14-9-17)20(26)16-6-10-21-11-7-16/h6-7,10-11,17-18H,2-5,8-9,12-15H2,1H3,(H,22,25). The van der Waals surface area contributed by atoms with Gasteiger partial charge in [0.1, 0.15) is 6.04 Å². The first-order valence-corrected chi connectivity index (χ1v) is 12.0. The van der Waals surface area contributed by atoms with Gasteiger partial charge in [-0.3, -0.25) is 14.6 Å². The fraction of sp³-hybridized carbons (Fsp3) is 0.650. The Morgan fingerprint density at radius 1 is 1.10 bits per heavy atom. The van der Waals surface area contributed by atoms with Crippen molar-refractivity contribution in [2.45, 2.75) is 57.5 Å². The van der Waals surface area contributed by atoms with E-state index in [0.29, 0.717) is 50.9 Å². The van der Waals surface area contributed by atoms with Crippen molar-refractivity contribution in [3.63, 3.8) is 0 Å². The molecule has 0 radical (unpaired) electrons. The number of carbonyl (C=O) groups excluding carboxylic acids is 2. The maximum absolute atomic E-state index is 12.9. The second-order valence-corrected chi connectivity index (χ2v) is 9.79. The van der Waals surface area contributed by atoms with E-state index in [1.807, 2.05) is 6.92 Å². The number of likely N-dealkylation sites (tertiary alicyclic amines) is 1. The first-order valence-electron chi connectivity index (χ1n) is 10.4. The number of aromatic nitrogens is 1. The van der Waals surface area contributed by atoms with Gasteiger partial charge in [0.05, 0.1) is 5.75 Å². The number of carbonyl (C=O) groups is 2. The van der Waals surface area contributed by atoms with Crippen molar-refractivity contribution in [1.29, 1.82) is 0 Å². The smallest absolute Gasteiger partial charge is 0.253 e. The molecule has 0 bridgehead atoms. The number of nitrogens with zero attached hydrogens (tertiary/aromatic N) is 3. The summed E-state index contributed by atoms with van der Waals surface area (Å²) >= 11 is 0. The number of sulfonamides is 1. The van der Waals surface area contributed by atoms with E-state index in [-0.39, 0.29) is 23.6 Å². The van der Waals surface area contributed by atoms with Crippen LogP contribution in [0.3, 0.4) is 0 Å². The molecule has 2 aliphatic rings. The SMILES string of the molecule is CCCS(=O)(=O)N1CCCCC1C(=O)NC1CCN(C(=O)c2ccncc2)CC1. The summed E-state index contributed by atoms with van der Waals surface area (Å²) in [6.45, 7) is 3.38. The molecule has 1 N–H and O–H groups in total. The molecule has 1 unspecified atom stereocenters. The van der Waals surface area contributed by atoms with E-state index in [0.717, 1.165) is 12.8 Å². The fourth-order valence-electron chi connectivity index (χ4n) is 4.08. The second kappa shape index (κ2) is 9.67. The third-order valence-corrected chi connectivity index (χ3v) is 7.71. The highest BCUT2D eigenvalue weighted by molar-refractivity contribution is 7.89. The molecule has 0 saturated carbocycles. The minimum absolute atomic E-state index is 0.0266. The Labute approximate surface area is 172 Å². The Hall–Kier alpha value is -2.00. The molecule has 9 heteroatoms. The topological polar surface area (TPSA) is 99.7 Å². The van der Waals surface area contributed by atoms with Gasteiger partial charge in [0.15, 0.2) is 0 Å². The predicted molar refractivity (Wildman–Crippen MR) is 110 cm³/mol. The summed E-state index contributed by atoms with van der Waals surface area (Å²) in [5.41, 5.74) is 0.612. The van der Waals surface area contributed by atoms with Crippen molar-refractivity contribution in [2.24, 2.45) is 0 Å². The minimum Gasteiger partial charge on any atom is -0.352 e. The van der Waals surface area contributed by atoms with Crippen LogP contribution in [0.1, 0.15) is 55.8 Å². The molecule has 3 rings (SSSR count). The van der Waals surface area contributed by atoms with Crippen molar-refractivity contribution >= 4 is 21.8 Å². The molecule has 0 aromatic carbocycles. The molecule has 1 aromatic rings. The van der Waals surface area contributed by atoms with Gasteiger partial charge in [-0.25, -0.2) is 8.42 Å². The summed E-state index contributed by atoms with van der Waals surface area (Å²) in [5, 5.41) is 3.04. The third kappa shape index (κ3) is 5.33. The van der Waals surface area contributed by atoms with Gasteiger partial charge in [0.2, 0.25) is 15.9 Å². The average Bonchev–Trinajstić information content (AvgIpc) is 2.74. The number of nitrogens with one attached hydrogen (secondary N) is 1. The zero-order chi connectivity index (χ0) is 20.9. The zero-order valence-corrected chi connectivity index (χ0v) is 17.7. The average molecular weight is 423 g/mol. The van der Waals surface area contributed by atoms with E-state index in [2.05, 4.69) is 10.3 Å². The fourth-order valence-corrected chi connectivity index (χ4v) is 5.82. The highest BCUT2D eigenvalue weighted by atomic mass is 32.2. The molecule has 160 valence electrons. The normalized spacial score (nSPS) is 21.7. The monoisotopic (exact) mass is 422 g/mol. The summed E-state index contributed by atoms with van der Waals surface area (Å²) < 4.78 is 26.5. The van der Waals surface area contributed by atoms with Crippen molar-refractivity contribution in [2.75, 3.05) is 25.4 Å². The Morgan fingerprint density at radius 3 is 2.45 bits per heavy atom. The number of hydrogen-bond donors (Lipinski definition) is 1. The molecule has 1 atom stereocenters. The molecule has 0 aliphatic carbocycles. The Morgan fingerprint density at radius 2 is 1.79 bits per heavy atom. The van der Waals surface area contributed by atoms with Gasteiger partial charge < -0.3 is 10.2 Å². The maximum Gasteiger partial charge on any atom is 0.253 e. The molecule has 3 heterocycles. The van der Waals surface area contributed by atoms with Crippen molar-refractivity contribution in [1.82, 2.24) is 19.5 Å². The molecule has 2 aliphatic heterocycles. The second-order valence-electron chi connectivity index (χ2n) is 7.75. The number of amides is 2. The summed E-state index contributed by atoms with van der Waals surface area (Å²) in [6, 6.07) is 2.74. The lowest BCUT2D eigenvalue weighted by molar-refractivity contribution is -0.126. The highest BCUT2D eigenvalue weighted by Crippen LogP contribution is 2.22.